The maximum absolute atomic E-state index is 2.46. The zero-order valence-electron chi connectivity index (χ0n) is 40.8. The van der Waals surface area contributed by atoms with E-state index < -0.39 is 0 Å². The molecule has 14 rings (SSSR count). The summed E-state index contributed by atoms with van der Waals surface area (Å²) < 4.78 is 2.38. The van der Waals surface area contributed by atoms with Crippen molar-refractivity contribution in [2.24, 2.45) is 0 Å². The van der Waals surface area contributed by atoms with Crippen LogP contribution in [0.5, 0.6) is 0 Å². The first-order chi connectivity index (χ1) is 35.9. The average Bonchev–Trinajstić information content (AvgIpc) is 3.90. The number of hydrogen-bond acceptors (Lipinski definition) is 1. The van der Waals surface area contributed by atoms with Crippen molar-refractivity contribution in [3.63, 3.8) is 0 Å². The smallest absolute Gasteiger partial charge is 0.0541 e. The van der Waals surface area contributed by atoms with Crippen molar-refractivity contribution in [2.75, 3.05) is 4.90 Å². The van der Waals surface area contributed by atoms with Gasteiger partial charge in [-0.1, -0.05) is 208 Å². The van der Waals surface area contributed by atoms with Crippen LogP contribution in [0.4, 0.5) is 17.1 Å². The van der Waals surface area contributed by atoms with Crippen molar-refractivity contribution in [2.45, 2.75) is 19.3 Å². The van der Waals surface area contributed by atoms with Gasteiger partial charge in [0, 0.05) is 38.9 Å². The summed E-state index contributed by atoms with van der Waals surface area (Å²) in [6.45, 7) is 4.80. The molecule has 0 spiro atoms. The molecule has 73 heavy (non-hydrogen) atoms. The van der Waals surface area contributed by atoms with Gasteiger partial charge in [-0.15, -0.1) is 0 Å². The first kappa shape index (κ1) is 42.6. The number of benzene rings is 12. The van der Waals surface area contributed by atoms with E-state index >= 15 is 0 Å². The van der Waals surface area contributed by atoms with Gasteiger partial charge in [0.1, 0.15) is 0 Å². The second-order valence-corrected chi connectivity index (χ2v) is 20.1. The van der Waals surface area contributed by atoms with Crippen LogP contribution in [-0.4, -0.2) is 4.57 Å². The summed E-state index contributed by atoms with van der Waals surface area (Å²) >= 11 is 0. The molecule has 2 nitrogen and oxygen atoms in total. The lowest BCUT2D eigenvalue weighted by molar-refractivity contribution is 0.660. The molecule has 0 radical (unpaired) electrons. The number of fused-ring (bicyclic) bond motifs is 9. The van der Waals surface area contributed by atoms with Crippen LogP contribution in [0.2, 0.25) is 0 Å². The third-order valence-corrected chi connectivity index (χ3v) is 15.6. The number of nitrogens with zero attached hydrogens (tertiary/aromatic N) is 2. The molecule has 1 aliphatic carbocycles. The highest BCUT2D eigenvalue weighted by Gasteiger charge is 2.36. The summed E-state index contributed by atoms with van der Waals surface area (Å²) in [4.78, 5) is 2.43. The summed E-state index contributed by atoms with van der Waals surface area (Å²) in [7, 11) is 0. The molecule has 1 aromatic heterocycles. The number of rotatable bonds is 8. The Morgan fingerprint density at radius 1 is 0.301 bits per heavy atom. The van der Waals surface area contributed by atoms with Gasteiger partial charge in [0.25, 0.3) is 0 Å². The Labute approximate surface area is 426 Å². The lowest BCUT2D eigenvalue weighted by atomic mass is 9.81. The fraction of sp³-hybridized carbons (Fsp3) is 0.0423. The Hall–Kier alpha value is -9.24. The molecule has 13 aromatic rings. The average molecular weight is 931 g/mol. The van der Waals surface area contributed by atoms with Gasteiger partial charge < -0.3 is 9.47 Å². The molecule has 0 aliphatic heterocycles. The van der Waals surface area contributed by atoms with Gasteiger partial charge in [-0.2, -0.15) is 0 Å². The Morgan fingerprint density at radius 2 is 0.795 bits per heavy atom. The quantitative estimate of drug-likeness (QED) is 0.138. The summed E-state index contributed by atoms with van der Waals surface area (Å²) in [5.41, 5.74) is 21.7. The standard InChI is InChI=1S/C71H50N2/c1-71(2)66-45-55(61-22-13-17-53-29-28-52-16-9-10-20-60(52)70(53)61)34-41-62(66)63-42-40-59(46-67(63)71)72(57-36-30-50(31-37-57)49-26-24-48(25-27-49)47-14-5-3-6-15-47)58-38-32-51(33-39-58)54-35-43-69-65(44-54)64-21-11-12-23-68(64)73(69)56-18-7-4-8-19-56/h3-46H,1-2H3. The van der Waals surface area contributed by atoms with Crippen molar-refractivity contribution < 1.29 is 0 Å². The Morgan fingerprint density at radius 3 is 1.51 bits per heavy atom. The van der Waals surface area contributed by atoms with E-state index in [0.29, 0.717) is 0 Å². The molecular formula is C71H50N2. The van der Waals surface area contributed by atoms with E-state index in [1.807, 2.05) is 0 Å². The fourth-order valence-electron chi connectivity index (χ4n) is 11.9. The van der Waals surface area contributed by atoms with Crippen LogP contribution in [-0.2, 0) is 5.41 Å². The maximum Gasteiger partial charge on any atom is 0.0541 e. The van der Waals surface area contributed by atoms with Gasteiger partial charge in [-0.25, -0.2) is 0 Å². The van der Waals surface area contributed by atoms with Crippen molar-refractivity contribution in [3.05, 3.63) is 278 Å². The lowest BCUT2D eigenvalue weighted by Gasteiger charge is -2.28. The van der Waals surface area contributed by atoms with Crippen molar-refractivity contribution in [1.82, 2.24) is 4.57 Å². The van der Waals surface area contributed by atoms with E-state index in [1.54, 1.807) is 0 Å². The highest BCUT2D eigenvalue weighted by Crippen LogP contribution is 2.52. The topological polar surface area (TPSA) is 8.17 Å². The second-order valence-electron chi connectivity index (χ2n) is 20.1. The van der Waals surface area contributed by atoms with Gasteiger partial charge in [-0.05, 0) is 161 Å². The summed E-state index contributed by atoms with van der Waals surface area (Å²) in [5, 5.41) is 7.63. The van der Waals surface area contributed by atoms with Gasteiger partial charge in [-0.3, -0.25) is 0 Å². The van der Waals surface area contributed by atoms with E-state index in [9.17, 15) is 0 Å². The van der Waals surface area contributed by atoms with E-state index in [0.717, 1.165) is 17.1 Å². The molecular weight excluding hydrogens is 881 g/mol. The fourth-order valence-corrected chi connectivity index (χ4v) is 11.9. The molecule has 0 atom stereocenters. The predicted octanol–water partition coefficient (Wildman–Crippen LogP) is 19.5. The first-order valence-corrected chi connectivity index (χ1v) is 25.4. The minimum Gasteiger partial charge on any atom is -0.310 e. The van der Waals surface area contributed by atoms with E-state index in [4.69, 9.17) is 0 Å². The number of anilines is 3. The molecule has 344 valence electrons. The summed E-state index contributed by atoms with van der Waals surface area (Å²) in [5.74, 6) is 0. The Bertz CT molecular complexity index is 4240. The monoisotopic (exact) mass is 930 g/mol. The van der Waals surface area contributed by atoms with Crippen LogP contribution in [0, 0.1) is 0 Å². The summed E-state index contributed by atoms with van der Waals surface area (Å²) in [6, 6.07) is 98.3. The van der Waals surface area contributed by atoms with E-state index in [2.05, 4.69) is 290 Å². The molecule has 0 unspecified atom stereocenters. The normalized spacial score (nSPS) is 12.6. The molecule has 0 saturated carbocycles. The molecule has 0 N–H and O–H groups in total. The van der Waals surface area contributed by atoms with Crippen LogP contribution in [0.15, 0.2) is 267 Å². The van der Waals surface area contributed by atoms with Gasteiger partial charge in [0.15, 0.2) is 0 Å². The van der Waals surface area contributed by atoms with Crippen LogP contribution < -0.4 is 4.90 Å². The minimum absolute atomic E-state index is 0.239. The van der Waals surface area contributed by atoms with Crippen LogP contribution in [0.3, 0.4) is 0 Å². The molecule has 0 fully saturated rings. The molecule has 0 bridgehead atoms. The Balaban J connectivity index is 0.851. The zero-order chi connectivity index (χ0) is 48.6. The third kappa shape index (κ3) is 7.09. The zero-order valence-corrected chi connectivity index (χ0v) is 40.8. The van der Waals surface area contributed by atoms with E-state index in [-0.39, 0.29) is 5.41 Å². The molecule has 0 saturated heterocycles. The first-order valence-electron chi connectivity index (χ1n) is 25.4. The number of para-hydroxylation sites is 2. The van der Waals surface area contributed by atoms with Crippen LogP contribution in [0.25, 0.3) is 105 Å². The van der Waals surface area contributed by atoms with Gasteiger partial charge in [0.05, 0.1) is 11.0 Å². The van der Waals surface area contributed by atoms with Crippen LogP contribution >= 0.6 is 0 Å². The van der Waals surface area contributed by atoms with Crippen molar-refractivity contribution in [3.8, 4) is 61.3 Å². The highest BCUT2D eigenvalue weighted by molar-refractivity contribution is 6.14. The summed E-state index contributed by atoms with van der Waals surface area (Å²) in [6.07, 6.45) is 0. The molecule has 1 aliphatic rings. The SMILES string of the molecule is CC1(C)c2cc(-c3cccc4ccc5ccccc5c34)ccc2-c2ccc(N(c3ccc(-c4ccc(-c5ccccc5)cc4)cc3)c3ccc(-c4ccc5c(c4)c4ccccc4n5-c4ccccc4)cc3)cc21. The number of aromatic nitrogens is 1. The molecule has 1 heterocycles. The predicted molar refractivity (Wildman–Crippen MR) is 310 cm³/mol. The maximum atomic E-state index is 2.46. The molecule has 12 aromatic carbocycles. The van der Waals surface area contributed by atoms with Crippen molar-refractivity contribution in [1.29, 1.82) is 0 Å². The molecule has 0 amide bonds. The largest absolute Gasteiger partial charge is 0.310 e. The van der Waals surface area contributed by atoms with Gasteiger partial charge >= 0.3 is 0 Å². The third-order valence-electron chi connectivity index (χ3n) is 15.6. The lowest BCUT2D eigenvalue weighted by Crippen LogP contribution is -2.16. The van der Waals surface area contributed by atoms with Crippen molar-refractivity contribution >= 4 is 60.4 Å². The minimum atomic E-state index is -0.239. The molecule has 2 heteroatoms. The highest BCUT2D eigenvalue weighted by atomic mass is 15.1. The Kier molecular flexibility index (Phi) is 9.91. The van der Waals surface area contributed by atoms with E-state index in [1.165, 1.54) is 116 Å². The second kappa shape index (κ2) is 17.0. The number of hydrogen-bond donors (Lipinski definition) is 0. The van der Waals surface area contributed by atoms with Gasteiger partial charge in [0.2, 0.25) is 0 Å². The van der Waals surface area contributed by atoms with Crippen LogP contribution in [0.1, 0.15) is 25.0 Å².